The van der Waals surface area contributed by atoms with Crippen molar-refractivity contribution in [1.82, 2.24) is 10.2 Å². The van der Waals surface area contributed by atoms with Gasteiger partial charge in [0.2, 0.25) is 0 Å². The molecule has 1 N–H and O–H groups in total. The first kappa shape index (κ1) is 12.9. The Hall–Kier alpha value is -1.54. The lowest BCUT2D eigenvalue weighted by molar-refractivity contribution is 0.0114. The maximum absolute atomic E-state index is 12.2. The van der Waals surface area contributed by atoms with E-state index in [-0.39, 0.29) is 18.2 Å². The summed E-state index contributed by atoms with van der Waals surface area (Å²) in [5.74, 6) is 0. The number of nitriles is 1. The molecule has 0 aromatic carbocycles. The van der Waals surface area contributed by atoms with Crippen LogP contribution in [0, 0.1) is 11.3 Å². The fourth-order valence-corrected chi connectivity index (χ4v) is 2.56. The van der Waals surface area contributed by atoms with Gasteiger partial charge in [-0.2, -0.15) is 5.26 Å². The second-order valence-corrected chi connectivity index (χ2v) is 5.77. The quantitative estimate of drug-likeness (QED) is 0.659. The molecule has 1 amide bonds. The average Bonchev–Trinajstić information content (AvgIpc) is 2.45. The van der Waals surface area contributed by atoms with Gasteiger partial charge < -0.3 is 10.1 Å². The van der Waals surface area contributed by atoms with Crippen LogP contribution in [0.1, 0.15) is 27.2 Å². The van der Waals surface area contributed by atoms with E-state index in [9.17, 15) is 4.79 Å². The highest BCUT2D eigenvalue weighted by Crippen LogP contribution is 2.32. The van der Waals surface area contributed by atoms with Crippen molar-refractivity contribution < 1.29 is 9.53 Å². The van der Waals surface area contributed by atoms with Crippen LogP contribution in [-0.2, 0) is 4.74 Å². The van der Waals surface area contributed by atoms with Crippen molar-refractivity contribution in [2.24, 2.45) is 0 Å². The van der Waals surface area contributed by atoms with Crippen molar-refractivity contribution in [3.63, 3.8) is 0 Å². The number of hydrogen-bond acceptors (Lipinski definition) is 4. The van der Waals surface area contributed by atoms with Crippen LogP contribution in [0.4, 0.5) is 4.79 Å². The number of ether oxygens (including phenoxy) is 1. The predicted octanol–water partition coefficient (Wildman–Crippen LogP) is 1.42. The Kier molecular flexibility index (Phi) is 3.31. The van der Waals surface area contributed by atoms with Gasteiger partial charge in [-0.05, 0) is 32.8 Å². The molecular formula is C13H19N3O2. The van der Waals surface area contributed by atoms with E-state index in [1.54, 1.807) is 11.0 Å². The Balaban J connectivity index is 2.17. The lowest BCUT2D eigenvalue weighted by Crippen LogP contribution is -2.55. The van der Waals surface area contributed by atoms with E-state index in [2.05, 4.69) is 11.4 Å². The molecule has 0 unspecified atom stereocenters. The van der Waals surface area contributed by atoms with Crippen LogP contribution in [0.3, 0.4) is 0 Å². The number of carbonyl (C=O) groups excluding carboxylic acids is 1. The molecule has 0 saturated carbocycles. The average molecular weight is 249 g/mol. The third-order valence-electron chi connectivity index (χ3n) is 3.20. The maximum Gasteiger partial charge on any atom is 0.411 e. The maximum atomic E-state index is 12.2. The number of nitrogens with zero attached hydrogens (tertiary/aromatic N) is 2. The molecule has 2 aliphatic heterocycles. The van der Waals surface area contributed by atoms with Crippen molar-refractivity contribution in [3.05, 3.63) is 11.6 Å². The van der Waals surface area contributed by atoms with E-state index in [0.29, 0.717) is 6.54 Å². The first-order chi connectivity index (χ1) is 8.42. The number of piperazine rings is 1. The van der Waals surface area contributed by atoms with Gasteiger partial charge in [0.05, 0.1) is 18.2 Å². The molecule has 2 atom stereocenters. The molecule has 2 rings (SSSR count). The molecule has 0 aromatic heterocycles. The third kappa shape index (κ3) is 2.49. The van der Waals surface area contributed by atoms with Crippen molar-refractivity contribution in [3.8, 4) is 6.07 Å². The number of amides is 1. The zero-order valence-corrected chi connectivity index (χ0v) is 11.1. The molecule has 5 heteroatoms. The molecule has 5 nitrogen and oxygen atoms in total. The number of carbonyl (C=O) groups is 1. The minimum Gasteiger partial charge on any atom is -0.444 e. The first-order valence-electron chi connectivity index (χ1n) is 6.23. The lowest BCUT2D eigenvalue weighted by atomic mass is 10.1. The van der Waals surface area contributed by atoms with Gasteiger partial charge in [-0.25, -0.2) is 4.79 Å². The fourth-order valence-electron chi connectivity index (χ4n) is 2.56. The number of rotatable bonds is 0. The highest BCUT2D eigenvalue weighted by molar-refractivity contribution is 5.71. The number of allylic oxidation sites excluding steroid dienone is 1. The van der Waals surface area contributed by atoms with Gasteiger partial charge >= 0.3 is 6.09 Å². The Morgan fingerprint density at radius 2 is 2.28 bits per heavy atom. The molecule has 2 heterocycles. The van der Waals surface area contributed by atoms with Crippen molar-refractivity contribution in [1.29, 1.82) is 5.26 Å². The van der Waals surface area contributed by atoms with E-state index in [4.69, 9.17) is 10.00 Å². The van der Waals surface area contributed by atoms with Gasteiger partial charge in [0, 0.05) is 19.2 Å². The molecule has 0 aliphatic carbocycles. The summed E-state index contributed by atoms with van der Waals surface area (Å²) < 4.78 is 5.43. The minimum atomic E-state index is -0.486. The summed E-state index contributed by atoms with van der Waals surface area (Å²) in [6.45, 7) is 7.05. The zero-order valence-electron chi connectivity index (χ0n) is 11.1. The van der Waals surface area contributed by atoms with E-state index in [1.807, 2.05) is 20.8 Å². The SMILES string of the molecule is CC(C)(C)OC(=O)N1[C@H]2CNC[C@@H]1C(=CC#N)C2. The molecule has 0 spiro atoms. The van der Waals surface area contributed by atoms with Gasteiger partial charge in [-0.3, -0.25) is 4.90 Å². The van der Waals surface area contributed by atoms with Crippen molar-refractivity contribution >= 4 is 6.09 Å². The number of hydrogen-bond donors (Lipinski definition) is 1. The molecule has 0 radical (unpaired) electrons. The zero-order chi connectivity index (χ0) is 13.3. The molecule has 18 heavy (non-hydrogen) atoms. The van der Waals surface area contributed by atoms with Gasteiger partial charge in [-0.1, -0.05) is 0 Å². The van der Waals surface area contributed by atoms with Crippen LogP contribution in [0.2, 0.25) is 0 Å². The summed E-state index contributed by atoms with van der Waals surface area (Å²) in [5.41, 5.74) is 0.541. The van der Waals surface area contributed by atoms with Crippen LogP contribution >= 0.6 is 0 Å². The summed E-state index contributed by atoms with van der Waals surface area (Å²) in [6, 6.07) is 2.14. The Labute approximate surface area is 107 Å². The van der Waals surface area contributed by atoms with Crippen LogP contribution < -0.4 is 5.32 Å². The normalized spacial score (nSPS) is 29.2. The largest absolute Gasteiger partial charge is 0.444 e. The Morgan fingerprint density at radius 3 is 2.89 bits per heavy atom. The highest BCUT2D eigenvalue weighted by atomic mass is 16.6. The second kappa shape index (κ2) is 4.62. The molecule has 0 aromatic rings. The lowest BCUT2D eigenvalue weighted by Gasteiger charge is -2.36. The summed E-state index contributed by atoms with van der Waals surface area (Å²) in [7, 11) is 0. The van der Waals surface area contributed by atoms with E-state index < -0.39 is 5.60 Å². The first-order valence-corrected chi connectivity index (χ1v) is 6.23. The number of nitrogens with one attached hydrogen (secondary N) is 1. The van der Waals surface area contributed by atoms with Crippen LogP contribution in [0.5, 0.6) is 0 Å². The molecular weight excluding hydrogens is 230 g/mol. The third-order valence-corrected chi connectivity index (χ3v) is 3.20. The summed E-state index contributed by atoms with van der Waals surface area (Å²) >= 11 is 0. The molecule has 2 fully saturated rings. The Bertz CT molecular complexity index is 417. The van der Waals surface area contributed by atoms with Crippen molar-refractivity contribution in [2.75, 3.05) is 13.1 Å². The molecule has 98 valence electrons. The minimum absolute atomic E-state index is 0.0294. The molecule has 2 bridgehead atoms. The molecule has 2 aliphatic rings. The van der Waals surface area contributed by atoms with Gasteiger partial charge in [0.25, 0.3) is 0 Å². The Morgan fingerprint density at radius 1 is 1.56 bits per heavy atom. The van der Waals surface area contributed by atoms with E-state index >= 15 is 0 Å². The predicted molar refractivity (Wildman–Crippen MR) is 66.8 cm³/mol. The van der Waals surface area contributed by atoms with Crippen LogP contribution in [0.25, 0.3) is 0 Å². The van der Waals surface area contributed by atoms with Gasteiger partial charge in [-0.15, -0.1) is 0 Å². The van der Waals surface area contributed by atoms with Crippen LogP contribution in [-0.4, -0.2) is 41.8 Å². The van der Waals surface area contributed by atoms with Crippen LogP contribution in [0.15, 0.2) is 11.6 Å². The summed E-state index contributed by atoms with van der Waals surface area (Å²) in [6.07, 6.45) is 2.06. The smallest absolute Gasteiger partial charge is 0.411 e. The van der Waals surface area contributed by atoms with Gasteiger partial charge in [0.15, 0.2) is 0 Å². The van der Waals surface area contributed by atoms with E-state index in [1.165, 1.54) is 0 Å². The van der Waals surface area contributed by atoms with Crippen molar-refractivity contribution in [2.45, 2.75) is 44.9 Å². The van der Waals surface area contributed by atoms with Gasteiger partial charge in [0.1, 0.15) is 5.60 Å². The standard InChI is InChI=1S/C13H19N3O2/c1-13(2,3)18-12(17)16-10-6-9(4-5-14)11(16)8-15-7-10/h4,10-11,15H,6-8H2,1-3H3/t10-,11-/m1/s1. The monoisotopic (exact) mass is 249 g/mol. The fraction of sp³-hybridized carbons (Fsp3) is 0.692. The van der Waals surface area contributed by atoms with E-state index in [0.717, 1.165) is 18.5 Å². The highest BCUT2D eigenvalue weighted by Gasteiger charge is 2.44. The summed E-state index contributed by atoms with van der Waals surface area (Å²) in [4.78, 5) is 14.0. The molecule has 2 saturated heterocycles. The topological polar surface area (TPSA) is 65.4 Å². The number of fused-ring (bicyclic) bond motifs is 2. The summed E-state index contributed by atoms with van der Waals surface area (Å²) in [5, 5.41) is 12.1. The second-order valence-electron chi connectivity index (χ2n) is 5.77.